The molecule has 7 nitrogen and oxygen atoms in total. The monoisotopic (exact) mass is 385 g/mol. The number of rotatable bonds is 6. The van der Waals surface area contributed by atoms with Crippen molar-refractivity contribution in [2.24, 2.45) is 0 Å². The summed E-state index contributed by atoms with van der Waals surface area (Å²) in [5.41, 5.74) is 5.70. The molecule has 2 aromatic carbocycles. The van der Waals surface area contributed by atoms with Crippen molar-refractivity contribution >= 4 is 29.1 Å². The Bertz CT molecular complexity index is 820. The molecular formula is C19H19N3O4S. The van der Waals surface area contributed by atoms with E-state index in [2.05, 4.69) is 22.7 Å². The maximum atomic E-state index is 12.1. The molecule has 3 N–H and O–H groups in total. The number of hydrogen-bond acceptors (Lipinski definition) is 5. The Morgan fingerprint density at radius 2 is 1.52 bits per heavy atom. The first-order chi connectivity index (χ1) is 13.0. The molecule has 8 heteroatoms. The lowest BCUT2D eigenvalue weighted by Gasteiger charge is -2.11. The largest absolute Gasteiger partial charge is 0.497 e. The van der Waals surface area contributed by atoms with Crippen LogP contribution in [0.4, 0.5) is 0 Å². The molecule has 0 radical (unpaired) electrons. The van der Waals surface area contributed by atoms with Crippen LogP contribution in [0.25, 0.3) is 0 Å². The number of hydrogen-bond donors (Lipinski definition) is 3. The van der Waals surface area contributed by atoms with Gasteiger partial charge in [0, 0.05) is 11.1 Å². The predicted octanol–water partition coefficient (Wildman–Crippen LogP) is 2.21. The molecular weight excluding hydrogens is 366 g/mol. The van der Waals surface area contributed by atoms with Crippen molar-refractivity contribution in [2.75, 3.05) is 13.7 Å². The second-order valence-corrected chi connectivity index (χ2v) is 5.62. The zero-order valence-corrected chi connectivity index (χ0v) is 15.5. The van der Waals surface area contributed by atoms with Crippen LogP contribution in [-0.2, 0) is 0 Å². The Kier molecular flexibility index (Phi) is 7.33. The fraction of sp³-hybridized carbons (Fsp3) is 0.105. The van der Waals surface area contributed by atoms with Crippen molar-refractivity contribution in [3.05, 3.63) is 72.3 Å². The van der Waals surface area contributed by atoms with E-state index >= 15 is 0 Å². The topological polar surface area (TPSA) is 88.7 Å². The zero-order valence-electron chi connectivity index (χ0n) is 14.7. The normalized spacial score (nSPS) is 9.67. The lowest BCUT2D eigenvalue weighted by Crippen LogP contribution is -2.48. The summed E-state index contributed by atoms with van der Waals surface area (Å²) in [4.78, 5) is 24.2. The van der Waals surface area contributed by atoms with Gasteiger partial charge in [-0.3, -0.25) is 25.8 Å². The number of ether oxygens (including phenoxy) is 2. The number of carbonyl (C=O) groups is 2. The second kappa shape index (κ2) is 9.93. The molecule has 0 bridgehead atoms. The van der Waals surface area contributed by atoms with Crippen molar-refractivity contribution in [1.29, 1.82) is 0 Å². The van der Waals surface area contributed by atoms with Gasteiger partial charge < -0.3 is 9.47 Å². The van der Waals surface area contributed by atoms with Crippen LogP contribution in [0.3, 0.4) is 0 Å². The number of nitrogens with one attached hydrogen (secondary N) is 3. The lowest BCUT2D eigenvalue weighted by molar-refractivity contribution is 0.0934. The van der Waals surface area contributed by atoms with Crippen LogP contribution in [0.2, 0.25) is 0 Å². The van der Waals surface area contributed by atoms with Crippen molar-refractivity contribution < 1.29 is 19.1 Å². The second-order valence-electron chi connectivity index (χ2n) is 5.21. The number of benzene rings is 2. The van der Waals surface area contributed by atoms with Crippen LogP contribution in [0.5, 0.6) is 11.5 Å². The van der Waals surface area contributed by atoms with Gasteiger partial charge in [-0.25, -0.2) is 0 Å². The maximum Gasteiger partial charge on any atom is 0.269 e. The van der Waals surface area contributed by atoms with Gasteiger partial charge in [0.15, 0.2) is 5.11 Å². The van der Waals surface area contributed by atoms with Gasteiger partial charge >= 0.3 is 0 Å². The molecule has 2 rings (SSSR count). The molecule has 140 valence electrons. The zero-order chi connectivity index (χ0) is 19.6. The summed E-state index contributed by atoms with van der Waals surface area (Å²) in [5.74, 6) is 0.446. The average molecular weight is 385 g/mol. The van der Waals surface area contributed by atoms with Crippen LogP contribution in [0, 0.1) is 0 Å². The first-order valence-corrected chi connectivity index (χ1v) is 8.34. The fourth-order valence-corrected chi connectivity index (χ4v) is 2.14. The molecule has 0 aliphatic heterocycles. The summed E-state index contributed by atoms with van der Waals surface area (Å²) in [6.45, 7) is 3.95. The van der Waals surface area contributed by atoms with E-state index in [0.29, 0.717) is 29.2 Å². The van der Waals surface area contributed by atoms with Gasteiger partial charge in [0.05, 0.1) is 7.11 Å². The molecule has 0 fully saturated rings. The minimum Gasteiger partial charge on any atom is -0.497 e. The van der Waals surface area contributed by atoms with E-state index in [1.165, 1.54) is 0 Å². The molecule has 0 spiro atoms. The van der Waals surface area contributed by atoms with E-state index < -0.39 is 11.8 Å². The first-order valence-electron chi connectivity index (χ1n) is 7.93. The van der Waals surface area contributed by atoms with E-state index in [9.17, 15) is 9.59 Å². The molecule has 0 heterocycles. The summed E-state index contributed by atoms with van der Waals surface area (Å²) in [6, 6.07) is 13.1. The summed E-state index contributed by atoms with van der Waals surface area (Å²) >= 11 is 5.00. The van der Waals surface area contributed by atoms with E-state index in [1.807, 2.05) is 0 Å². The van der Waals surface area contributed by atoms with Gasteiger partial charge in [0.2, 0.25) is 0 Å². The fourth-order valence-electron chi connectivity index (χ4n) is 1.99. The number of methoxy groups -OCH3 is 1. The van der Waals surface area contributed by atoms with Crippen LogP contribution in [-0.4, -0.2) is 30.6 Å². The molecule has 2 aromatic rings. The van der Waals surface area contributed by atoms with Crippen molar-refractivity contribution in [3.63, 3.8) is 0 Å². The first kappa shape index (κ1) is 19.9. The molecule has 0 unspecified atom stereocenters. The van der Waals surface area contributed by atoms with E-state index in [4.69, 9.17) is 21.7 Å². The van der Waals surface area contributed by atoms with Crippen molar-refractivity contribution in [1.82, 2.24) is 16.2 Å². The van der Waals surface area contributed by atoms with Gasteiger partial charge in [-0.1, -0.05) is 12.7 Å². The number of hydrazine groups is 1. The Labute approximate surface area is 162 Å². The minimum absolute atomic E-state index is 0.0323. The quantitative estimate of drug-likeness (QED) is 0.401. The van der Waals surface area contributed by atoms with Gasteiger partial charge in [-0.05, 0) is 60.7 Å². The van der Waals surface area contributed by atoms with Crippen molar-refractivity contribution in [2.45, 2.75) is 0 Å². The smallest absolute Gasteiger partial charge is 0.269 e. The summed E-state index contributed by atoms with van der Waals surface area (Å²) in [5, 5.41) is 2.44. The molecule has 2 amide bonds. The van der Waals surface area contributed by atoms with Crippen LogP contribution in [0.15, 0.2) is 61.2 Å². The third-order valence-electron chi connectivity index (χ3n) is 3.35. The molecule has 0 saturated carbocycles. The van der Waals surface area contributed by atoms with Gasteiger partial charge in [-0.2, -0.15) is 0 Å². The summed E-state index contributed by atoms with van der Waals surface area (Å²) < 4.78 is 10.4. The van der Waals surface area contributed by atoms with Gasteiger partial charge in [0.1, 0.15) is 18.1 Å². The van der Waals surface area contributed by atoms with Crippen molar-refractivity contribution in [3.8, 4) is 11.5 Å². The highest BCUT2D eigenvalue weighted by atomic mass is 32.1. The Morgan fingerprint density at radius 1 is 0.963 bits per heavy atom. The Morgan fingerprint density at radius 3 is 2.07 bits per heavy atom. The third-order valence-corrected chi connectivity index (χ3v) is 3.56. The highest BCUT2D eigenvalue weighted by Gasteiger charge is 2.10. The molecule has 0 aromatic heterocycles. The van der Waals surface area contributed by atoms with E-state index in [1.54, 1.807) is 61.7 Å². The van der Waals surface area contributed by atoms with Crippen LogP contribution in [0.1, 0.15) is 20.7 Å². The Hall–Kier alpha value is -3.39. The molecule has 0 atom stereocenters. The highest BCUT2D eigenvalue weighted by Crippen LogP contribution is 2.12. The Balaban J connectivity index is 1.82. The van der Waals surface area contributed by atoms with Gasteiger partial charge in [0.25, 0.3) is 11.8 Å². The van der Waals surface area contributed by atoms with E-state index in [-0.39, 0.29) is 5.11 Å². The van der Waals surface area contributed by atoms with Crippen LogP contribution < -0.4 is 25.6 Å². The number of thiocarbonyl (C=S) groups is 1. The maximum absolute atomic E-state index is 12.1. The third kappa shape index (κ3) is 6.12. The molecule has 0 aliphatic carbocycles. The number of carbonyl (C=O) groups excluding carboxylic acids is 2. The summed E-state index contributed by atoms with van der Waals surface area (Å²) in [6.07, 6.45) is 1.63. The minimum atomic E-state index is -0.411. The SMILES string of the molecule is C=CCOc1ccc(C(=O)NNC(=S)NC(=O)c2ccc(OC)cc2)cc1. The van der Waals surface area contributed by atoms with Crippen LogP contribution >= 0.6 is 12.2 Å². The summed E-state index contributed by atoms with van der Waals surface area (Å²) in [7, 11) is 1.54. The molecule has 0 aliphatic rings. The predicted molar refractivity (Wildman–Crippen MR) is 106 cm³/mol. The lowest BCUT2D eigenvalue weighted by atomic mass is 10.2. The molecule has 27 heavy (non-hydrogen) atoms. The standard InChI is InChI=1S/C19H19N3O4S/c1-3-12-26-16-10-6-14(7-11-16)18(24)21-22-19(27)20-17(23)13-4-8-15(25-2)9-5-13/h3-11H,1,12H2,2H3,(H,21,24)(H2,20,22,23,27). The number of amides is 2. The van der Waals surface area contributed by atoms with Gasteiger partial charge in [-0.15, -0.1) is 0 Å². The average Bonchev–Trinajstić information content (AvgIpc) is 2.70. The van der Waals surface area contributed by atoms with E-state index in [0.717, 1.165) is 0 Å². The highest BCUT2D eigenvalue weighted by molar-refractivity contribution is 7.80. The molecule has 0 saturated heterocycles.